The summed E-state index contributed by atoms with van der Waals surface area (Å²) in [6.45, 7) is 8.62. The van der Waals surface area contributed by atoms with Crippen molar-refractivity contribution >= 4 is 28.9 Å². The summed E-state index contributed by atoms with van der Waals surface area (Å²) in [5.74, 6) is 0.879. The molecule has 0 amide bonds. The lowest BCUT2D eigenvalue weighted by atomic mass is 10.2. The molecule has 1 aromatic carbocycles. The highest BCUT2D eigenvalue weighted by molar-refractivity contribution is 7.71. The van der Waals surface area contributed by atoms with E-state index in [2.05, 4.69) is 40.1 Å². The van der Waals surface area contributed by atoms with Gasteiger partial charge in [-0.2, -0.15) is 0 Å². The molecular weight excluding hydrogens is 268 g/mol. The molecule has 0 spiro atoms. The smallest absolute Gasteiger partial charge is 0.199 e. The minimum Gasteiger partial charge on any atom is -0.369 e. The molecular formula is C15H22N4S. The van der Waals surface area contributed by atoms with Crippen LogP contribution in [-0.4, -0.2) is 41.0 Å². The molecule has 2 rings (SSSR count). The first-order chi connectivity index (χ1) is 9.74. The van der Waals surface area contributed by atoms with Crippen LogP contribution in [0, 0.1) is 4.77 Å². The number of benzene rings is 1. The lowest BCUT2D eigenvalue weighted by Crippen LogP contribution is -2.25. The van der Waals surface area contributed by atoms with Gasteiger partial charge in [0, 0.05) is 11.9 Å². The highest BCUT2D eigenvalue weighted by atomic mass is 32.1. The number of nitrogens with zero attached hydrogens (tertiary/aromatic N) is 2. The Labute approximate surface area is 125 Å². The van der Waals surface area contributed by atoms with E-state index in [1.807, 2.05) is 18.2 Å². The Morgan fingerprint density at radius 3 is 2.75 bits per heavy atom. The number of fused-ring (bicyclic) bond motifs is 1. The third-order valence-corrected chi connectivity index (χ3v) is 3.67. The Hall–Kier alpha value is -1.46. The summed E-state index contributed by atoms with van der Waals surface area (Å²) in [5, 5.41) is 4.49. The largest absolute Gasteiger partial charge is 0.369 e. The van der Waals surface area contributed by atoms with Crippen LogP contribution in [-0.2, 0) is 0 Å². The number of anilines is 1. The molecule has 0 radical (unpaired) electrons. The van der Waals surface area contributed by atoms with Gasteiger partial charge in [-0.3, -0.25) is 0 Å². The van der Waals surface area contributed by atoms with E-state index in [0.29, 0.717) is 4.77 Å². The number of hydrogen-bond donors (Lipinski definition) is 2. The molecule has 2 aromatic rings. The van der Waals surface area contributed by atoms with Gasteiger partial charge in [0.05, 0.1) is 5.52 Å². The molecule has 0 saturated heterocycles. The van der Waals surface area contributed by atoms with Crippen LogP contribution in [0.4, 0.5) is 5.82 Å². The fourth-order valence-corrected chi connectivity index (χ4v) is 2.49. The lowest BCUT2D eigenvalue weighted by molar-refractivity contribution is 0.303. The topological polar surface area (TPSA) is 44.0 Å². The van der Waals surface area contributed by atoms with Crippen LogP contribution in [0.2, 0.25) is 0 Å². The van der Waals surface area contributed by atoms with E-state index in [-0.39, 0.29) is 0 Å². The molecule has 1 aromatic heterocycles. The van der Waals surface area contributed by atoms with E-state index in [4.69, 9.17) is 12.2 Å². The third-order valence-electron chi connectivity index (χ3n) is 3.48. The number of hydrogen-bond acceptors (Lipinski definition) is 4. The zero-order valence-electron chi connectivity index (χ0n) is 12.1. The van der Waals surface area contributed by atoms with Crippen LogP contribution in [0.25, 0.3) is 10.9 Å². The second-order valence-corrected chi connectivity index (χ2v) is 5.13. The van der Waals surface area contributed by atoms with Gasteiger partial charge < -0.3 is 15.2 Å². The van der Waals surface area contributed by atoms with Crippen molar-refractivity contribution in [2.24, 2.45) is 0 Å². The fraction of sp³-hybridized carbons (Fsp3) is 0.467. The highest BCUT2D eigenvalue weighted by Gasteiger charge is 2.03. The van der Waals surface area contributed by atoms with Crippen LogP contribution in [0.3, 0.4) is 0 Å². The summed E-state index contributed by atoms with van der Waals surface area (Å²) in [7, 11) is 0. The first-order valence-electron chi connectivity index (χ1n) is 7.20. The van der Waals surface area contributed by atoms with Gasteiger partial charge in [-0.25, -0.2) is 4.98 Å². The quantitative estimate of drug-likeness (QED) is 0.605. The lowest BCUT2D eigenvalue weighted by Gasteiger charge is -2.18. The maximum atomic E-state index is 5.17. The molecule has 2 N–H and O–H groups in total. The van der Waals surface area contributed by atoms with Gasteiger partial charge in [-0.15, -0.1) is 0 Å². The molecule has 0 saturated carbocycles. The molecule has 0 aliphatic heterocycles. The fourth-order valence-electron chi connectivity index (χ4n) is 2.29. The summed E-state index contributed by atoms with van der Waals surface area (Å²) in [6.07, 6.45) is 1.10. The summed E-state index contributed by atoms with van der Waals surface area (Å²) in [4.78, 5) is 9.93. The minimum atomic E-state index is 0.523. The Morgan fingerprint density at radius 1 is 1.25 bits per heavy atom. The first-order valence-corrected chi connectivity index (χ1v) is 7.60. The maximum Gasteiger partial charge on any atom is 0.199 e. The molecule has 0 fully saturated rings. The standard InChI is InChI=1S/C15H22N4S/c1-3-19(4-2)11-7-10-16-14-12-8-5-6-9-13(12)17-15(20)18-14/h5-6,8-9H,3-4,7,10-11H2,1-2H3,(H2,16,17,18,20). The SMILES string of the molecule is CCN(CC)CCCNc1nc(=S)[nH]c2ccccc12. The third kappa shape index (κ3) is 3.77. The molecule has 0 aliphatic carbocycles. The van der Waals surface area contributed by atoms with Gasteiger partial charge >= 0.3 is 0 Å². The molecule has 0 aliphatic rings. The summed E-state index contributed by atoms with van der Waals surface area (Å²) in [6, 6.07) is 8.09. The van der Waals surface area contributed by atoms with Crippen LogP contribution in [0.5, 0.6) is 0 Å². The minimum absolute atomic E-state index is 0.523. The average molecular weight is 290 g/mol. The number of nitrogens with one attached hydrogen (secondary N) is 2. The van der Waals surface area contributed by atoms with Crippen LogP contribution >= 0.6 is 12.2 Å². The monoisotopic (exact) mass is 290 g/mol. The van der Waals surface area contributed by atoms with Gasteiger partial charge in [0.15, 0.2) is 4.77 Å². The van der Waals surface area contributed by atoms with Crippen molar-refractivity contribution in [3.05, 3.63) is 29.0 Å². The molecule has 0 unspecified atom stereocenters. The van der Waals surface area contributed by atoms with Crippen molar-refractivity contribution in [3.8, 4) is 0 Å². The van der Waals surface area contributed by atoms with Crippen LogP contribution in [0.1, 0.15) is 20.3 Å². The number of H-pyrrole nitrogens is 1. The van der Waals surface area contributed by atoms with E-state index in [1.54, 1.807) is 0 Å². The number of rotatable bonds is 7. The number of para-hydroxylation sites is 1. The van der Waals surface area contributed by atoms with Crippen molar-refractivity contribution in [1.82, 2.24) is 14.9 Å². The maximum absolute atomic E-state index is 5.17. The summed E-state index contributed by atoms with van der Waals surface area (Å²) >= 11 is 5.17. The zero-order valence-corrected chi connectivity index (χ0v) is 13.0. The number of aromatic amines is 1. The second-order valence-electron chi connectivity index (χ2n) is 4.74. The van der Waals surface area contributed by atoms with Crippen molar-refractivity contribution in [3.63, 3.8) is 0 Å². The molecule has 4 nitrogen and oxygen atoms in total. The van der Waals surface area contributed by atoms with Gasteiger partial charge in [-0.1, -0.05) is 26.0 Å². The van der Waals surface area contributed by atoms with Crippen molar-refractivity contribution in [1.29, 1.82) is 0 Å². The molecule has 108 valence electrons. The van der Waals surface area contributed by atoms with Gasteiger partial charge in [0.1, 0.15) is 5.82 Å². The van der Waals surface area contributed by atoms with E-state index in [9.17, 15) is 0 Å². The van der Waals surface area contributed by atoms with E-state index < -0.39 is 0 Å². The van der Waals surface area contributed by atoms with E-state index >= 15 is 0 Å². The van der Waals surface area contributed by atoms with Gasteiger partial charge in [-0.05, 0) is 50.4 Å². The Bertz CT molecular complexity index is 604. The molecule has 1 heterocycles. The van der Waals surface area contributed by atoms with Crippen LogP contribution in [0.15, 0.2) is 24.3 Å². The number of aromatic nitrogens is 2. The molecule has 20 heavy (non-hydrogen) atoms. The average Bonchev–Trinajstić information content (AvgIpc) is 2.47. The molecule has 0 bridgehead atoms. The Balaban J connectivity index is 2.01. The predicted molar refractivity (Wildman–Crippen MR) is 87.8 cm³/mol. The normalized spacial score (nSPS) is 11.2. The van der Waals surface area contributed by atoms with E-state index in [0.717, 1.165) is 49.3 Å². The van der Waals surface area contributed by atoms with Gasteiger partial charge in [0.25, 0.3) is 0 Å². The first kappa shape index (κ1) is 14.9. The predicted octanol–water partition coefficient (Wildman–Crippen LogP) is 3.44. The highest BCUT2D eigenvalue weighted by Crippen LogP contribution is 2.18. The molecule has 5 heteroatoms. The summed E-state index contributed by atoms with van der Waals surface area (Å²) < 4.78 is 0.523. The van der Waals surface area contributed by atoms with E-state index in [1.165, 1.54) is 0 Å². The second kappa shape index (κ2) is 7.36. The summed E-state index contributed by atoms with van der Waals surface area (Å²) in [5.41, 5.74) is 1.03. The van der Waals surface area contributed by atoms with Gasteiger partial charge in [0.2, 0.25) is 0 Å². The molecule has 0 atom stereocenters. The Morgan fingerprint density at radius 2 is 2.00 bits per heavy atom. The van der Waals surface area contributed by atoms with Crippen molar-refractivity contribution < 1.29 is 0 Å². The van der Waals surface area contributed by atoms with Crippen LogP contribution < -0.4 is 5.32 Å². The van der Waals surface area contributed by atoms with Crippen molar-refractivity contribution in [2.75, 3.05) is 31.5 Å². The van der Waals surface area contributed by atoms with Crippen molar-refractivity contribution in [2.45, 2.75) is 20.3 Å². The zero-order chi connectivity index (χ0) is 14.4. The Kier molecular flexibility index (Phi) is 5.49.